The van der Waals surface area contributed by atoms with Gasteiger partial charge in [0.15, 0.2) is 0 Å². The molecule has 3 aromatic heterocycles. The lowest BCUT2D eigenvalue weighted by Crippen LogP contribution is -2.36. The van der Waals surface area contributed by atoms with Crippen molar-refractivity contribution in [2.45, 2.75) is 44.7 Å². The van der Waals surface area contributed by atoms with Gasteiger partial charge >= 0.3 is 0 Å². The van der Waals surface area contributed by atoms with Crippen LogP contribution in [0.1, 0.15) is 42.0 Å². The molecule has 2 aromatic carbocycles. The lowest BCUT2D eigenvalue weighted by atomic mass is 9.96. The number of hydrogen-bond donors (Lipinski definition) is 3. The Morgan fingerprint density at radius 1 is 1.07 bits per heavy atom. The second kappa shape index (κ2) is 12.2. The summed E-state index contributed by atoms with van der Waals surface area (Å²) in [5, 5.41) is 16.0. The SMILES string of the molecule is COc1nc(-c2cccc(-c3cccc(Nc4nccc5cnn(C)c(=O)c45)c3C)c2Cl)cc2c1[C@@H](NC[C@@H]1CCC(=O)N1)CC2. The zero-order valence-corrected chi connectivity index (χ0v) is 26.6. The van der Waals surface area contributed by atoms with Crippen LogP contribution in [0.15, 0.2) is 65.7 Å². The van der Waals surface area contributed by atoms with Crippen LogP contribution in [-0.2, 0) is 18.3 Å². The van der Waals surface area contributed by atoms with E-state index in [1.807, 2.05) is 43.3 Å². The number of nitrogens with one attached hydrogen (secondary N) is 3. The van der Waals surface area contributed by atoms with E-state index in [9.17, 15) is 9.59 Å². The monoisotopic (exact) mass is 635 g/mol. The molecular formula is C35H34ClN7O3. The topological polar surface area (TPSA) is 123 Å². The fourth-order valence-corrected chi connectivity index (χ4v) is 6.94. The quantitative estimate of drug-likeness (QED) is 0.201. The number of fused-ring (bicyclic) bond motifs is 2. The van der Waals surface area contributed by atoms with Gasteiger partial charge in [-0.2, -0.15) is 5.10 Å². The van der Waals surface area contributed by atoms with Crippen molar-refractivity contribution in [2.24, 2.45) is 7.05 Å². The number of rotatable bonds is 8. The van der Waals surface area contributed by atoms with Gasteiger partial charge in [-0.3, -0.25) is 9.59 Å². The van der Waals surface area contributed by atoms with Crippen LogP contribution in [0.5, 0.6) is 5.88 Å². The van der Waals surface area contributed by atoms with Crippen molar-refractivity contribution in [3.63, 3.8) is 0 Å². The third-order valence-corrected chi connectivity index (χ3v) is 9.47. The normalized spacial score (nSPS) is 17.3. The molecule has 2 aliphatic rings. The molecule has 1 aliphatic carbocycles. The van der Waals surface area contributed by atoms with Gasteiger partial charge in [-0.1, -0.05) is 41.9 Å². The minimum atomic E-state index is -0.223. The number of pyridine rings is 2. The third kappa shape index (κ3) is 5.37. The lowest BCUT2D eigenvalue weighted by molar-refractivity contribution is -0.119. The van der Waals surface area contributed by atoms with Crippen LogP contribution in [0.4, 0.5) is 11.5 Å². The van der Waals surface area contributed by atoms with E-state index >= 15 is 0 Å². The number of aryl methyl sites for hydroxylation is 2. The van der Waals surface area contributed by atoms with Gasteiger partial charge in [-0.05, 0) is 61.1 Å². The van der Waals surface area contributed by atoms with E-state index in [-0.39, 0.29) is 23.6 Å². The van der Waals surface area contributed by atoms with Gasteiger partial charge < -0.3 is 20.7 Å². The molecule has 1 fully saturated rings. The van der Waals surface area contributed by atoms with Crippen LogP contribution in [-0.4, -0.2) is 45.4 Å². The fourth-order valence-electron chi connectivity index (χ4n) is 6.61. The molecule has 11 heteroatoms. The summed E-state index contributed by atoms with van der Waals surface area (Å²) in [6, 6.07) is 16.1. The molecule has 4 heterocycles. The van der Waals surface area contributed by atoms with Gasteiger partial charge in [0.05, 0.1) is 29.4 Å². The van der Waals surface area contributed by atoms with Gasteiger partial charge in [0, 0.05) is 66.1 Å². The summed E-state index contributed by atoms with van der Waals surface area (Å²) in [4.78, 5) is 34.0. The minimum absolute atomic E-state index is 0.108. The number of ether oxygens (including phenoxy) is 1. The van der Waals surface area contributed by atoms with Gasteiger partial charge in [-0.25, -0.2) is 14.6 Å². The summed E-state index contributed by atoms with van der Waals surface area (Å²) < 4.78 is 7.13. The van der Waals surface area contributed by atoms with E-state index in [2.05, 4.69) is 32.1 Å². The second-order valence-corrected chi connectivity index (χ2v) is 12.2. The Morgan fingerprint density at radius 2 is 1.87 bits per heavy atom. The van der Waals surface area contributed by atoms with Crippen LogP contribution in [0.3, 0.4) is 0 Å². The minimum Gasteiger partial charge on any atom is -0.481 e. The second-order valence-electron chi connectivity index (χ2n) is 11.9. The molecule has 7 rings (SSSR count). The van der Waals surface area contributed by atoms with Gasteiger partial charge in [0.25, 0.3) is 5.56 Å². The first-order valence-corrected chi connectivity index (χ1v) is 15.8. The number of carbonyl (C=O) groups excluding carboxylic acids is 1. The van der Waals surface area contributed by atoms with Crippen molar-refractivity contribution in [3.05, 3.63) is 93.0 Å². The molecule has 0 unspecified atom stereocenters. The first-order chi connectivity index (χ1) is 22.3. The number of methoxy groups -OCH3 is 1. The maximum atomic E-state index is 12.9. The van der Waals surface area contributed by atoms with E-state index in [4.69, 9.17) is 21.3 Å². The molecule has 0 radical (unpaired) electrons. The molecule has 0 saturated carbocycles. The van der Waals surface area contributed by atoms with E-state index in [1.165, 1.54) is 10.2 Å². The molecule has 0 bridgehead atoms. The molecule has 1 aliphatic heterocycles. The summed E-state index contributed by atoms with van der Waals surface area (Å²) >= 11 is 7.18. The molecule has 1 saturated heterocycles. The van der Waals surface area contributed by atoms with Gasteiger partial charge in [0.1, 0.15) is 5.82 Å². The molecule has 46 heavy (non-hydrogen) atoms. The molecule has 10 nitrogen and oxygen atoms in total. The summed E-state index contributed by atoms with van der Waals surface area (Å²) in [6.07, 6.45) is 6.58. The number of nitrogens with zero attached hydrogens (tertiary/aromatic N) is 4. The van der Waals surface area contributed by atoms with Gasteiger partial charge in [-0.15, -0.1) is 0 Å². The van der Waals surface area contributed by atoms with Crippen LogP contribution in [0, 0.1) is 6.92 Å². The van der Waals surface area contributed by atoms with E-state index < -0.39 is 0 Å². The average molecular weight is 636 g/mol. The molecule has 2 atom stereocenters. The smallest absolute Gasteiger partial charge is 0.278 e. The highest BCUT2D eigenvalue weighted by Crippen LogP contribution is 2.43. The van der Waals surface area contributed by atoms with Crippen molar-refractivity contribution in [1.82, 2.24) is 30.4 Å². The molecule has 5 aromatic rings. The van der Waals surface area contributed by atoms with Crippen LogP contribution < -0.4 is 26.2 Å². The first kappa shape index (κ1) is 29.9. The Bertz CT molecular complexity index is 2060. The van der Waals surface area contributed by atoms with Gasteiger partial charge in [0.2, 0.25) is 11.8 Å². The Balaban J connectivity index is 1.21. The summed E-state index contributed by atoms with van der Waals surface area (Å²) in [6.45, 7) is 2.73. The number of halogens is 1. The Morgan fingerprint density at radius 3 is 2.67 bits per heavy atom. The van der Waals surface area contributed by atoms with Crippen molar-refractivity contribution in [2.75, 3.05) is 19.0 Å². The third-order valence-electron chi connectivity index (χ3n) is 9.06. The van der Waals surface area contributed by atoms with Crippen LogP contribution >= 0.6 is 11.6 Å². The predicted molar refractivity (Wildman–Crippen MR) is 180 cm³/mol. The van der Waals surface area contributed by atoms with Crippen molar-refractivity contribution in [3.8, 4) is 28.3 Å². The molecule has 3 N–H and O–H groups in total. The zero-order chi connectivity index (χ0) is 31.9. The average Bonchev–Trinajstić information content (AvgIpc) is 3.68. The molecule has 0 spiro atoms. The highest BCUT2D eigenvalue weighted by atomic mass is 35.5. The van der Waals surface area contributed by atoms with Crippen molar-refractivity contribution < 1.29 is 9.53 Å². The summed E-state index contributed by atoms with van der Waals surface area (Å²) in [7, 11) is 3.27. The Hall–Kier alpha value is -4.80. The summed E-state index contributed by atoms with van der Waals surface area (Å²) in [5.41, 5.74) is 7.18. The van der Waals surface area contributed by atoms with Crippen LogP contribution in [0.25, 0.3) is 33.2 Å². The van der Waals surface area contributed by atoms with Crippen molar-refractivity contribution >= 4 is 39.8 Å². The Labute approximate surface area is 271 Å². The maximum absolute atomic E-state index is 12.9. The number of amides is 1. The van der Waals surface area contributed by atoms with E-state index in [1.54, 1.807) is 32.6 Å². The highest BCUT2D eigenvalue weighted by Gasteiger charge is 2.30. The fraction of sp³-hybridized carbons (Fsp3) is 0.286. The number of carbonyl (C=O) groups is 1. The number of anilines is 2. The van der Waals surface area contributed by atoms with Crippen LogP contribution in [0.2, 0.25) is 5.02 Å². The lowest BCUT2D eigenvalue weighted by Gasteiger charge is -2.20. The largest absolute Gasteiger partial charge is 0.481 e. The first-order valence-electron chi connectivity index (χ1n) is 15.4. The maximum Gasteiger partial charge on any atom is 0.278 e. The van der Waals surface area contributed by atoms with E-state index in [0.29, 0.717) is 40.5 Å². The molecule has 1 amide bonds. The standard InChI is InChI=1S/C35H34ClN7O3/c1-19-23(6-5-9-26(19)41-33-31-21(14-15-37-33)17-39-43(2)35(31)45)24-7-4-8-25(32(24)36)28-16-20-10-12-27(30(20)34(42-28)46-3)38-18-22-11-13-29(44)40-22/h4-9,14-17,22,27,38H,10-13,18H2,1-3H3,(H,37,41)(H,40,44)/t22-,27-/m0/s1. The number of aromatic nitrogens is 4. The number of hydrogen-bond acceptors (Lipinski definition) is 8. The molecule has 234 valence electrons. The summed E-state index contributed by atoms with van der Waals surface area (Å²) in [5.74, 6) is 1.17. The van der Waals surface area contributed by atoms with E-state index in [0.717, 1.165) is 58.5 Å². The zero-order valence-electron chi connectivity index (χ0n) is 25.9. The molecular weight excluding hydrogens is 602 g/mol. The number of benzene rings is 2. The Kier molecular flexibility index (Phi) is 7.92. The van der Waals surface area contributed by atoms with Crippen molar-refractivity contribution in [1.29, 1.82) is 0 Å². The predicted octanol–water partition coefficient (Wildman–Crippen LogP) is 5.63. The highest BCUT2D eigenvalue weighted by molar-refractivity contribution is 6.36.